The Morgan fingerprint density at radius 1 is 1.06 bits per heavy atom. The summed E-state index contributed by atoms with van der Waals surface area (Å²) >= 11 is 0. The fourth-order valence-electron chi connectivity index (χ4n) is 1.69. The molecule has 0 saturated carbocycles. The van der Waals surface area contributed by atoms with E-state index in [-0.39, 0.29) is 18.0 Å². The van der Waals surface area contributed by atoms with Crippen LogP contribution in [-0.4, -0.2) is 21.5 Å². The molecule has 0 spiro atoms. The lowest BCUT2D eigenvalue weighted by Crippen LogP contribution is -2.27. The molecule has 0 fully saturated rings. The highest BCUT2D eigenvalue weighted by molar-refractivity contribution is 7.89. The lowest BCUT2D eigenvalue weighted by Gasteiger charge is -2.08. The summed E-state index contributed by atoms with van der Waals surface area (Å²) in [5.41, 5.74) is 6.98. The van der Waals surface area contributed by atoms with Crippen molar-refractivity contribution in [1.29, 1.82) is 0 Å². The van der Waals surface area contributed by atoms with Gasteiger partial charge in [-0.15, -0.1) is 0 Å². The Morgan fingerprint density at radius 3 is 2.53 bits per heavy atom. The molecule has 2 rings (SSSR count). The van der Waals surface area contributed by atoms with E-state index in [0.29, 0.717) is 5.39 Å². The molecule has 17 heavy (non-hydrogen) atoms. The first kappa shape index (κ1) is 12.0. The lowest BCUT2D eigenvalue weighted by molar-refractivity contribution is 0.583. The maximum absolute atomic E-state index is 12.0. The fraction of sp³-hybridized carbons (Fsp3) is 0.167. The predicted octanol–water partition coefficient (Wildman–Crippen LogP) is 1.40. The van der Waals surface area contributed by atoms with Gasteiger partial charge in [-0.1, -0.05) is 36.4 Å². The Hall–Kier alpha value is -1.43. The minimum Gasteiger partial charge on any atom is -0.256 e. The average molecular weight is 249 g/mol. The quantitative estimate of drug-likeness (QED) is 0.889. The zero-order valence-corrected chi connectivity index (χ0v) is 10.00. The van der Waals surface area contributed by atoms with Gasteiger partial charge in [0.2, 0.25) is 10.0 Å². The standard InChI is InChI=1S/C12H13N2O2S/c13-8-9-14-17(15,16)12-7-3-5-10-4-1-2-6-11(10)12/h1-7,13-14H,8-9H2. The van der Waals surface area contributed by atoms with Crippen molar-refractivity contribution in [1.82, 2.24) is 10.5 Å². The Kier molecular flexibility index (Phi) is 3.42. The normalized spacial score (nSPS) is 11.8. The molecule has 5 heteroatoms. The number of hydrogen-bond acceptors (Lipinski definition) is 2. The van der Waals surface area contributed by atoms with Gasteiger partial charge >= 0.3 is 0 Å². The van der Waals surface area contributed by atoms with Gasteiger partial charge in [-0.25, -0.2) is 13.1 Å². The molecule has 0 aliphatic carbocycles. The third kappa shape index (κ3) is 2.46. The molecular weight excluding hydrogens is 236 g/mol. The van der Waals surface area contributed by atoms with E-state index in [4.69, 9.17) is 5.73 Å². The van der Waals surface area contributed by atoms with Gasteiger partial charge in [0.15, 0.2) is 0 Å². The van der Waals surface area contributed by atoms with Crippen LogP contribution >= 0.6 is 0 Å². The summed E-state index contributed by atoms with van der Waals surface area (Å²) in [6.07, 6.45) is 0. The van der Waals surface area contributed by atoms with E-state index >= 15 is 0 Å². The van der Waals surface area contributed by atoms with Crippen molar-refractivity contribution in [3.8, 4) is 0 Å². The summed E-state index contributed by atoms with van der Waals surface area (Å²) in [6, 6.07) is 12.5. The highest BCUT2D eigenvalue weighted by Gasteiger charge is 2.15. The van der Waals surface area contributed by atoms with E-state index in [2.05, 4.69) is 4.72 Å². The second-order valence-corrected chi connectivity index (χ2v) is 5.36. The van der Waals surface area contributed by atoms with E-state index in [1.165, 1.54) is 0 Å². The smallest absolute Gasteiger partial charge is 0.241 e. The number of sulfonamides is 1. The van der Waals surface area contributed by atoms with Gasteiger partial charge in [0.25, 0.3) is 0 Å². The summed E-state index contributed by atoms with van der Waals surface area (Å²) < 4.78 is 26.4. The molecule has 0 atom stereocenters. The van der Waals surface area contributed by atoms with E-state index in [9.17, 15) is 8.42 Å². The first-order chi connectivity index (χ1) is 8.15. The van der Waals surface area contributed by atoms with Crippen LogP contribution in [-0.2, 0) is 10.0 Å². The van der Waals surface area contributed by atoms with Crippen molar-refractivity contribution in [2.24, 2.45) is 0 Å². The number of benzene rings is 2. The lowest BCUT2D eigenvalue weighted by atomic mass is 10.1. The van der Waals surface area contributed by atoms with Crippen molar-refractivity contribution in [2.75, 3.05) is 13.1 Å². The molecule has 0 heterocycles. The highest BCUT2D eigenvalue weighted by atomic mass is 32.2. The van der Waals surface area contributed by atoms with Crippen molar-refractivity contribution >= 4 is 20.8 Å². The molecule has 0 aromatic heterocycles. The van der Waals surface area contributed by atoms with Crippen LogP contribution in [0.3, 0.4) is 0 Å². The number of hydrogen-bond donors (Lipinski definition) is 1. The average Bonchev–Trinajstić information content (AvgIpc) is 2.36. The molecule has 2 aromatic carbocycles. The van der Waals surface area contributed by atoms with Gasteiger partial charge in [0, 0.05) is 18.5 Å². The minimum atomic E-state index is -3.52. The summed E-state index contributed by atoms with van der Waals surface area (Å²) in [4.78, 5) is 0.268. The highest BCUT2D eigenvalue weighted by Crippen LogP contribution is 2.22. The third-order valence-electron chi connectivity index (χ3n) is 2.46. The third-order valence-corrected chi connectivity index (χ3v) is 3.98. The van der Waals surface area contributed by atoms with Crippen molar-refractivity contribution < 1.29 is 8.42 Å². The Balaban J connectivity index is 2.55. The van der Waals surface area contributed by atoms with Crippen molar-refractivity contribution in [3.05, 3.63) is 42.5 Å². The van der Waals surface area contributed by atoms with Crippen LogP contribution in [0.1, 0.15) is 0 Å². The van der Waals surface area contributed by atoms with Crippen molar-refractivity contribution in [3.63, 3.8) is 0 Å². The molecule has 4 nitrogen and oxygen atoms in total. The maximum atomic E-state index is 12.0. The van der Waals surface area contributed by atoms with Gasteiger partial charge in [0.05, 0.1) is 4.90 Å². The van der Waals surface area contributed by atoms with Crippen LogP contribution in [0.15, 0.2) is 47.4 Å². The fourth-order valence-corrected chi connectivity index (χ4v) is 2.95. The van der Waals surface area contributed by atoms with E-state index in [1.807, 2.05) is 24.3 Å². The van der Waals surface area contributed by atoms with Crippen LogP contribution in [0, 0.1) is 0 Å². The van der Waals surface area contributed by atoms with Gasteiger partial charge < -0.3 is 0 Å². The molecule has 0 bridgehead atoms. The van der Waals surface area contributed by atoms with Gasteiger partial charge in [-0.2, -0.15) is 0 Å². The second-order valence-electron chi connectivity index (χ2n) is 3.63. The van der Waals surface area contributed by atoms with E-state index in [1.54, 1.807) is 18.2 Å². The first-order valence-corrected chi connectivity index (χ1v) is 6.75. The molecule has 89 valence electrons. The van der Waals surface area contributed by atoms with E-state index < -0.39 is 10.0 Å². The van der Waals surface area contributed by atoms with Crippen LogP contribution in [0.2, 0.25) is 0 Å². The SMILES string of the molecule is [NH]CCNS(=O)(=O)c1cccc2ccccc12. The summed E-state index contributed by atoms with van der Waals surface area (Å²) in [7, 11) is -3.52. The summed E-state index contributed by atoms with van der Waals surface area (Å²) in [6.45, 7) is 0.162. The van der Waals surface area contributed by atoms with Gasteiger partial charge in [-0.05, 0) is 11.5 Å². The molecule has 1 radical (unpaired) electrons. The van der Waals surface area contributed by atoms with Crippen LogP contribution in [0.4, 0.5) is 0 Å². The number of nitrogens with one attached hydrogen (secondary N) is 2. The molecule has 0 aliphatic heterocycles. The molecule has 0 amide bonds. The molecular formula is C12H13N2O2S. The van der Waals surface area contributed by atoms with E-state index in [0.717, 1.165) is 5.39 Å². The molecule has 2 aromatic rings. The first-order valence-electron chi connectivity index (χ1n) is 5.27. The monoisotopic (exact) mass is 249 g/mol. The van der Waals surface area contributed by atoms with Gasteiger partial charge in [0.1, 0.15) is 0 Å². The zero-order valence-electron chi connectivity index (χ0n) is 9.18. The molecule has 0 saturated heterocycles. The summed E-state index contributed by atoms with van der Waals surface area (Å²) in [5.74, 6) is 0. The van der Waals surface area contributed by atoms with Crippen LogP contribution in [0.5, 0.6) is 0 Å². The molecule has 0 aliphatic rings. The van der Waals surface area contributed by atoms with Gasteiger partial charge in [-0.3, -0.25) is 5.73 Å². The van der Waals surface area contributed by atoms with Crippen LogP contribution in [0.25, 0.3) is 10.8 Å². The maximum Gasteiger partial charge on any atom is 0.241 e. The minimum absolute atomic E-state index is 0.0317. The second kappa shape index (κ2) is 4.83. The van der Waals surface area contributed by atoms with Crippen molar-refractivity contribution in [2.45, 2.75) is 4.90 Å². The topological polar surface area (TPSA) is 70.0 Å². The zero-order chi connectivity index (χ0) is 12.3. The Bertz CT molecular complexity index is 618. The summed E-state index contributed by atoms with van der Waals surface area (Å²) in [5, 5.41) is 1.59. The number of rotatable bonds is 4. The molecule has 2 N–H and O–H groups in total. The molecule has 0 unspecified atom stereocenters. The van der Waals surface area contributed by atoms with Crippen LogP contribution < -0.4 is 10.5 Å². The number of fused-ring (bicyclic) bond motifs is 1. The predicted molar refractivity (Wildman–Crippen MR) is 67.1 cm³/mol. The largest absolute Gasteiger partial charge is 0.256 e. The Labute approximate surface area is 100 Å². The Morgan fingerprint density at radius 2 is 1.76 bits per heavy atom.